The number of carbonyl (C=O) groups is 1. The highest BCUT2D eigenvalue weighted by molar-refractivity contribution is 5.85. The number of nitrogens with two attached hydrogens (primary N) is 1. The molecule has 0 saturated heterocycles. The second-order valence-corrected chi connectivity index (χ2v) is 1.38. The summed E-state index contributed by atoms with van der Waals surface area (Å²) in [5, 5.41) is 0. The van der Waals surface area contributed by atoms with E-state index in [1.807, 2.05) is 0 Å². The maximum Gasteiger partial charge on any atom is 0.241 e. The molecule has 0 aliphatic carbocycles. The molecule has 0 aromatic rings. The third-order valence-corrected chi connectivity index (χ3v) is 0.619. The Morgan fingerprint density at radius 1 is 1.33 bits per heavy atom. The summed E-state index contributed by atoms with van der Waals surface area (Å²) in [4.78, 5) is 10.0. The first-order chi connectivity index (χ1) is 4.27. The molecule has 1 amide bonds. The van der Waals surface area contributed by atoms with Crippen molar-refractivity contribution in [2.24, 2.45) is 5.73 Å². The van der Waals surface area contributed by atoms with Crippen LogP contribution in [0.25, 0.3) is 0 Å². The van der Waals surface area contributed by atoms with Gasteiger partial charge in [0, 0.05) is 6.08 Å². The zero-order valence-electron chi connectivity index (χ0n) is 5.08. The maximum atomic E-state index is 10.0. The second-order valence-electron chi connectivity index (χ2n) is 1.38. The van der Waals surface area contributed by atoms with Gasteiger partial charge >= 0.3 is 0 Å². The predicted molar refractivity (Wildman–Crippen MR) is 37.7 cm³/mol. The van der Waals surface area contributed by atoms with Gasteiger partial charge in [-0.3, -0.25) is 4.79 Å². The Morgan fingerprint density at radius 2 is 2.00 bits per heavy atom. The molecule has 0 unspecified atom stereocenters. The summed E-state index contributed by atoms with van der Waals surface area (Å²) in [5.74, 6) is -0.441. The number of primary amides is 1. The first-order valence-corrected chi connectivity index (χ1v) is 2.52. The lowest BCUT2D eigenvalue weighted by molar-refractivity contribution is -0.113. The summed E-state index contributed by atoms with van der Waals surface area (Å²) in [5.41, 5.74) is 4.79. The SMILES string of the molecule is C=C/C=C/C=C/C(N)=O. The molecule has 0 rings (SSSR count). The van der Waals surface area contributed by atoms with E-state index in [2.05, 4.69) is 6.58 Å². The van der Waals surface area contributed by atoms with Crippen molar-refractivity contribution in [2.75, 3.05) is 0 Å². The summed E-state index contributed by atoms with van der Waals surface area (Å²) < 4.78 is 0. The zero-order chi connectivity index (χ0) is 7.11. The molecular formula is C7H9NO. The van der Waals surface area contributed by atoms with Gasteiger partial charge in [-0.1, -0.05) is 30.9 Å². The van der Waals surface area contributed by atoms with Crippen molar-refractivity contribution >= 4 is 5.91 Å². The van der Waals surface area contributed by atoms with Gasteiger partial charge in [-0.2, -0.15) is 0 Å². The van der Waals surface area contributed by atoms with Gasteiger partial charge in [0.15, 0.2) is 0 Å². The number of hydrogen-bond donors (Lipinski definition) is 1. The minimum absolute atomic E-state index is 0.441. The lowest BCUT2D eigenvalue weighted by Gasteiger charge is -1.73. The molecule has 0 radical (unpaired) electrons. The molecule has 9 heavy (non-hydrogen) atoms. The highest BCUT2D eigenvalue weighted by Crippen LogP contribution is 1.75. The lowest BCUT2D eigenvalue weighted by Crippen LogP contribution is -2.04. The van der Waals surface area contributed by atoms with Gasteiger partial charge in [0.1, 0.15) is 0 Å². The van der Waals surface area contributed by atoms with Gasteiger partial charge in [-0.05, 0) is 0 Å². The molecule has 0 aliphatic heterocycles. The van der Waals surface area contributed by atoms with Crippen LogP contribution in [0.3, 0.4) is 0 Å². The number of allylic oxidation sites excluding steroid dienone is 4. The molecule has 0 aliphatic rings. The van der Waals surface area contributed by atoms with Crippen LogP contribution in [0.4, 0.5) is 0 Å². The van der Waals surface area contributed by atoms with E-state index in [1.165, 1.54) is 6.08 Å². The van der Waals surface area contributed by atoms with Crippen molar-refractivity contribution in [3.63, 3.8) is 0 Å². The van der Waals surface area contributed by atoms with Gasteiger partial charge in [0.2, 0.25) is 5.91 Å². The van der Waals surface area contributed by atoms with E-state index in [0.29, 0.717) is 0 Å². The van der Waals surface area contributed by atoms with E-state index in [9.17, 15) is 4.79 Å². The Kier molecular flexibility index (Phi) is 4.14. The number of rotatable bonds is 3. The van der Waals surface area contributed by atoms with Crippen LogP contribution >= 0.6 is 0 Å². The van der Waals surface area contributed by atoms with Crippen molar-refractivity contribution < 1.29 is 4.79 Å². The predicted octanol–water partition coefficient (Wildman–Crippen LogP) is 0.770. The molecule has 2 nitrogen and oxygen atoms in total. The van der Waals surface area contributed by atoms with E-state index in [-0.39, 0.29) is 0 Å². The number of carbonyl (C=O) groups excluding carboxylic acids is 1. The molecule has 0 fully saturated rings. The highest BCUT2D eigenvalue weighted by atomic mass is 16.1. The molecule has 0 heterocycles. The zero-order valence-corrected chi connectivity index (χ0v) is 5.08. The largest absolute Gasteiger partial charge is 0.366 e. The van der Waals surface area contributed by atoms with Crippen LogP contribution in [0.1, 0.15) is 0 Å². The van der Waals surface area contributed by atoms with Crippen LogP contribution in [0, 0.1) is 0 Å². The molecule has 48 valence electrons. The molecule has 0 aromatic heterocycles. The van der Waals surface area contributed by atoms with Crippen molar-refractivity contribution in [3.05, 3.63) is 37.0 Å². The van der Waals surface area contributed by atoms with Crippen LogP contribution in [0.15, 0.2) is 37.0 Å². The Morgan fingerprint density at radius 3 is 2.44 bits per heavy atom. The van der Waals surface area contributed by atoms with Gasteiger partial charge in [-0.25, -0.2) is 0 Å². The summed E-state index contributed by atoms with van der Waals surface area (Å²) >= 11 is 0. The van der Waals surface area contributed by atoms with Gasteiger partial charge in [-0.15, -0.1) is 0 Å². The van der Waals surface area contributed by atoms with Gasteiger partial charge < -0.3 is 5.73 Å². The third kappa shape index (κ3) is 6.69. The van der Waals surface area contributed by atoms with E-state index >= 15 is 0 Å². The highest BCUT2D eigenvalue weighted by Gasteiger charge is 1.75. The Balaban J connectivity index is 3.59. The first kappa shape index (κ1) is 7.69. The van der Waals surface area contributed by atoms with E-state index < -0.39 is 5.91 Å². The molecule has 0 atom stereocenters. The normalized spacial score (nSPS) is 10.7. The minimum Gasteiger partial charge on any atom is -0.366 e. The van der Waals surface area contributed by atoms with Gasteiger partial charge in [0.25, 0.3) is 0 Å². The average Bonchev–Trinajstić information content (AvgIpc) is 1.80. The monoisotopic (exact) mass is 123 g/mol. The summed E-state index contributed by atoms with van der Waals surface area (Å²) in [6.45, 7) is 3.44. The minimum atomic E-state index is -0.441. The van der Waals surface area contributed by atoms with Crippen LogP contribution in [-0.4, -0.2) is 5.91 Å². The lowest BCUT2D eigenvalue weighted by atomic mass is 10.4. The van der Waals surface area contributed by atoms with Crippen molar-refractivity contribution in [1.82, 2.24) is 0 Å². The van der Waals surface area contributed by atoms with E-state index in [0.717, 1.165) is 0 Å². The number of hydrogen-bond acceptors (Lipinski definition) is 1. The molecule has 0 bridgehead atoms. The summed E-state index contributed by atoms with van der Waals surface area (Å²) in [6, 6.07) is 0. The van der Waals surface area contributed by atoms with Crippen molar-refractivity contribution in [2.45, 2.75) is 0 Å². The Hall–Kier alpha value is -1.31. The Labute approximate surface area is 54.4 Å². The fourth-order valence-electron chi connectivity index (χ4n) is 0.293. The first-order valence-electron chi connectivity index (χ1n) is 2.52. The fraction of sp³-hybridized carbons (Fsp3) is 0. The standard InChI is InChI=1S/C7H9NO/c1-2-3-4-5-6-7(8)9/h2-6H,1H2,(H2,8,9)/b4-3+,6-5+. The van der Waals surface area contributed by atoms with Crippen molar-refractivity contribution in [1.29, 1.82) is 0 Å². The summed E-state index contributed by atoms with van der Waals surface area (Å²) in [6.07, 6.45) is 7.84. The Bertz CT molecular complexity index is 156. The molecule has 2 heteroatoms. The topological polar surface area (TPSA) is 43.1 Å². The molecule has 0 spiro atoms. The van der Waals surface area contributed by atoms with Crippen LogP contribution in [0.5, 0.6) is 0 Å². The van der Waals surface area contributed by atoms with Crippen LogP contribution in [0.2, 0.25) is 0 Å². The molecule has 0 aromatic carbocycles. The maximum absolute atomic E-state index is 10.0. The van der Waals surface area contributed by atoms with Crippen molar-refractivity contribution in [3.8, 4) is 0 Å². The van der Waals surface area contributed by atoms with Crippen LogP contribution in [-0.2, 0) is 4.79 Å². The molecular weight excluding hydrogens is 114 g/mol. The van der Waals surface area contributed by atoms with Crippen LogP contribution < -0.4 is 5.73 Å². The third-order valence-electron chi connectivity index (χ3n) is 0.619. The average molecular weight is 123 g/mol. The quantitative estimate of drug-likeness (QED) is 0.437. The number of amides is 1. The molecule has 0 saturated carbocycles. The van der Waals surface area contributed by atoms with E-state index in [1.54, 1.807) is 24.3 Å². The van der Waals surface area contributed by atoms with E-state index in [4.69, 9.17) is 5.73 Å². The smallest absolute Gasteiger partial charge is 0.241 e. The van der Waals surface area contributed by atoms with Gasteiger partial charge in [0.05, 0.1) is 0 Å². The summed E-state index contributed by atoms with van der Waals surface area (Å²) in [7, 11) is 0. The fourth-order valence-corrected chi connectivity index (χ4v) is 0.293. The second kappa shape index (κ2) is 4.84. The molecule has 2 N–H and O–H groups in total.